The van der Waals surface area contributed by atoms with E-state index in [0.717, 1.165) is 12.4 Å². The quantitative estimate of drug-likeness (QED) is 0.752. The Bertz CT molecular complexity index is 204. The van der Waals surface area contributed by atoms with Gasteiger partial charge in [-0.25, -0.2) is 0 Å². The molecule has 3 heteroatoms. The Hall–Kier alpha value is 0.210. The highest BCUT2D eigenvalue weighted by atomic mass is 35.5. The van der Waals surface area contributed by atoms with Crippen molar-refractivity contribution in [2.45, 2.75) is 63.2 Å². The molecule has 0 aromatic carbocycles. The summed E-state index contributed by atoms with van der Waals surface area (Å²) in [4.78, 5) is 0. The fraction of sp³-hybridized carbons (Fsp3) is 1.00. The third-order valence-electron chi connectivity index (χ3n) is 3.84. The van der Waals surface area contributed by atoms with Gasteiger partial charge in [0.15, 0.2) is 0 Å². The number of nitrogens with one attached hydrogen (secondary N) is 1. The second kappa shape index (κ2) is 5.03. The first-order chi connectivity index (χ1) is 7.24. The summed E-state index contributed by atoms with van der Waals surface area (Å²) in [5, 5.41) is 3.65. The maximum atomic E-state index is 6.08. The summed E-state index contributed by atoms with van der Waals surface area (Å²) in [5.41, 5.74) is 0.219. The molecule has 0 bridgehead atoms. The van der Waals surface area contributed by atoms with Crippen molar-refractivity contribution in [2.75, 3.05) is 12.4 Å². The Morgan fingerprint density at radius 3 is 2.60 bits per heavy atom. The van der Waals surface area contributed by atoms with Crippen LogP contribution < -0.4 is 5.32 Å². The lowest BCUT2D eigenvalue weighted by Gasteiger charge is -2.29. The van der Waals surface area contributed by atoms with Crippen molar-refractivity contribution in [3.63, 3.8) is 0 Å². The number of alkyl halides is 1. The van der Waals surface area contributed by atoms with Crippen LogP contribution in [-0.2, 0) is 4.74 Å². The third kappa shape index (κ3) is 2.86. The second-order valence-corrected chi connectivity index (χ2v) is 5.42. The van der Waals surface area contributed by atoms with Crippen LogP contribution in [-0.4, -0.2) is 30.2 Å². The fourth-order valence-corrected chi connectivity index (χ4v) is 3.14. The summed E-state index contributed by atoms with van der Waals surface area (Å²) in [6.45, 7) is 3.14. The summed E-state index contributed by atoms with van der Waals surface area (Å²) >= 11 is 6.08. The molecule has 2 nitrogen and oxygen atoms in total. The molecule has 0 aromatic rings. The molecule has 2 aliphatic rings. The molecule has 2 fully saturated rings. The molecular formula is C12H22ClNO. The third-order valence-corrected chi connectivity index (χ3v) is 4.35. The highest BCUT2D eigenvalue weighted by Gasteiger charge is 2.33. The van der Waals surface area contributed by atoms with Gasteiger partial charge < -0.3 is 10.1 Å². The lowest BCUT2D eigenvalue weighted by molar-refractivity contribution is 0.0514. The molecule has 15 heavy (non-hydrogen) atoms. The van der Waals surface area contributed by atoms with Crippen LogP contribution in [0, 0.1) is 0 Å². The highest BCUT2D eigenvalue weighted by molar-refractivity contribution is 6.18. The average Bonchev–Trinajstić information content (AvgIpc) is 2.85. The summed E-state index contributed by atoms with van der Waals surface area (Å²) in [5.74, 6) is 0.745. The van der Waals surface area contributed by atoms with Gasteiger partial charge in [0.05, 0.1) is 12.2 Å². The zero-order valence-corrected chi connectivity index (χ0v) is 10.4. The Morgan fingerprint density at radius 2 is 2.07 bits per heavy atom. The lowest BCUT2D eigenvalue weighted by atomic mass is 10.00. The summed E-state index contributed by atoms with van der Waals surface area (Å²) in [6.07, 6.45) is 8.39. The molecular weight excluding hydrogens is 210 g/mol. The van der Waals surface area contributed by atoms with E-state index in [-0.39, 0.29) is 5.54 Å². The molecule has 1 aliphatic heterocycles. The van der Waals surface area contributed by atoms with Crippen molar-refractivity contribution in [2.24, 2.45) is 0 Å². The molecule has 2 atom stereocenters. The van der Waals surface area contributed by atoms with Crippen LogP contribution in [0.25, 0.3) is 0 Å². The number of ether oxygens (including phenoxy) is 1. The second-order valence-electron chi connectivity index (χ2n) is 5.15. The molecule has 2 unspecified atom stereocenters. The summed E-state index contributed by atoms with van der Waals surface area (Å²) in [6, 6.07) is 0. The monoisotopic (exact) mass is 231 g/mol. The van der Waals surface area contributed by atoms with E-state index in [2.05, 4.69) is 12.2 Å². The molecule has 1 aliphatic carbocycles. The van der Waals surface area contributed by atoms with Crippen LogP contribution in [0.2, 0.25) is 0 Å². The maximum absolute atomic E-state index is 6.08. The van der Waals surface area contributed by atoms with Crippen LogP contribution in [0.1, 0.15) is 45.4 Å². The van der Waals surface area contributed by atoms with Gasteiger partial charge in [0.1, 0.15) is 0 Å². The van der Waals surface area contributed by atoms with Crippen LogP contribution in [0.15, 0.2) is 0 Å². The van der Waals surface area contributed by atoms with Crippen LogP contribution in [0.3, 0.4) is 0 Å². The molecule has 0 aromatic heterocycles. The minimum absolute atomic E-state index is 0.219. The Labute approximate surface area is 97.7 Å². The van der Waals surface area contributed by atoms with Gasteiger partial charge in [-0.1, -0.05) is 12.8 Å². The Balaban J connectivity index is 1.76. The normalized spacial score (nSPS) is 34.8. The summed E-state index contributed by atoms with van der Waals surface area (Å²) < 4.78 is 5.80. The average molecular weight is 232 g/mol. The van der Waals surface area contributed by atoms with Crippen molar-refractivity contribution in [1.82, 2.24) is 5.32 Å². The van der Waals surface area contributed by atoms with Gasteiger partial charge in [-0.15, -0.1) is 11.6 Å². The molecule has 0 spiro atoms. The van der Waals surface area contributed by atoms with Crippen molar-refractivity contribution < 1.29 is 4.74 Å². The number of hydrogen-bond donors (Lipinski definition) is 1. The number of halogens is 1. The zero-order chi connectivity index (χ0) is 10.7. The zero-order valence-electron chi connectivity index (χ0n) is 9.60. The Kier molecular flexibility index (Phi) is 3.92. The van der Waals surface area contributed by atoms with E-state index in [1.807, 2.05) is 0 Å². The fourth-order valence-electron chi connectivity index (χ4n) is 2.78. The predicted molar refractivity (Wildman–Crippen MR) is 63.5 cm³/mol. The minimum atomic E-state index is 0.219. The topological polar surface area (TPSA) is 21.3 Å². The van der Waals surface area contributed by atoms with E-state index < -0.39 is 0 Å². The molecule has 0 radical (unpaired) electrons. The molecule has 0 amide bonds. The molecule has 2 rings (SSSR count). The van der Waals surface area contributed by atoms with Gasteiger partial charge in [0, 0.05) is 18.0 Å². The van der Waals surface area contributed by atoms with Crippen molar-refractivity contribution in [3.05, 3.63) is 0 Å². The van der Waals surface area contributed by atoms with E-state index in [1.54, 1.807) is 0 Å². The predicted octanol–water partition coefficient (Wildman–Crippen LogP) is 2.70. The minimum Gasteiger partial charge on any atom is -0.374 e. The molecule has 1 heterocycles. The first-order valence-corrected chi connectivity index (χ1v) is 6.74. The van der Waals surface area contributed by atoms with E-state index in [4.69, 9.17) is 16.3 Å². The largest absolute Gasteiger partial charge is 0.374 e. The van der Waals surface area contributed by atoms with Crippen molar-refractivity contribution in [3.8, 4) is 0 Å². The van der Waals surface area contributed by atoms with Crippen LogP contribution >= 0.6 is 11.6 Å². The van der Waals surface area contributed by atoms with Gasteiger partial charge >= 0.3 is 0 Å². The van der Waals surface area contributed by atoms with Crippen molar-refractivity contribution in [1.29, 1.82) is 0 Å². The van der Waals surface area contributed by atoms with Gasteiger partial charge in [0.25, 0.3) is 0 Å². The number of rotatable bonds is 4. The molecule has 1 saturated heterocycles. The van der Waals surface area contributed by atoms with E-state index in [0.29, 0.717) is 12.2 Å². The highest BCUT2D eigenvalue weighted by Crippen LogP contribution is 2.31. The first kappa shape index (κ1) is 11.7. The number of hydrogen-bond acceptors (Lipinski definition) is 2. The smallest absolute Gasteiger partial charge is 0.0704 e. The molecule has 1 N–H and O–H groups in total. The Morgan fingerprint density at radius 1 is 1.33 bits per heavy atom. The van der Waals surface area contributed by atoms with E-state index in [9.17, 15) is 0 Å². The van der Waals surface area contributed by atoms with E-state index >= 15 is 0 Å². The van der Waals surface area contributed by atoms with Gasteiger partial charge in [-0.3, -0.25) is 0 Å². The lowest BCUT2D eigenvalue weighted by Crippen LogP contribution is -2.47. The van der Waals surface area contributed by atoms with Gasteiger partial charge in [-0.2, -0.15) is 0 Å². The van der Waals surface area contributed by atoms with Crippen molar-refractivity contribution >= 4 is 11.6 Å². The standard InChI is InChI=1S/C12H22ClNO/c1-10-4-5-11(15-10)8-14-12(9-13)6-2-3-7-12/h10-11,14H,2-9H2,1H3. The molecule has 1 saturated carbocycles. The SMILES string of the molecule is CC1CCC(CNC2(CCl)CCCC2)O1. The van der Waals surface area contributed by atoms with E-state index in [1.165, 1.54) is 38.5 Å². The maximum Gasteiger partial charge on any atom is 0.0704 e. The molecule has 88 valence electrons. The van der Waals surface area contributed by atoms with Crippen LogP contribution in [0.4, 0.5) is 0 Å². The van der Waals surface area contributed by atoms with Gasteiger partial charge in [-0.05, 0) is 32.6 Å². The van der Waals surface area contributed by atoms with Gasteiger partial charge in [0.2, 0.25) is 0 Å². The first-order valence-electron chi connectivity index (χ1n) is 6.20. The van der Waals surface area contributed by atoms with Crippen LogP contribution in [0.5, 0.6) is 0 Å². The summed E-state index contributed by atoms with van der Waals surface area (Å²) in [7, 11) is 0.